The van der Waals surface area contributed by atoms with Crippen LogP contribution in [-0.4, -0.2) is 78.4 Å². The average Bonchev–Trinajstić information content (AvgIpc) is 3.02. The van der Waals surface area contributed by atoms with E-state index < -0.39 is 0 Å². The largest absolute Gasteiger partial charge is 0.496 e. The molecule has 0 spiro atoms. The van der Waals surface area contributed by atoms with E-state index >= 15 is 0 Å². The summed E-state index contributed by atoms with van der Waals surface area (Å²) < 4.78 is 5.51. The summed E-state index contributed by atoms with van der Waals surface area (Å²) in [5.74, 6) is 0.906. The summed E-state index contributed by atoms with van der Waals surface area (Å²) in [5, 5.41) is 0. The Labute approximate surface area is 167 Å². The maximum Gasteiger partial charge on any atom is 0.227 e. The van der Waals surface area contributed by atoms with Gasteiger partial charge < -0.3 is 14.5 Å². The molecule has 2 aliphatic heterocycles. The topological polar surface area (TPSA) is 66.0 Å². The molecule has 28 heavy (non-hydrogen) atoms. The standard InChI is InChI=1S/C21H32N4O3/c1-14-11-22-18(15(2)20(14)28-5)13-25-8-6-17(7-9-25)24(4)21(27)16-10-19(26)23(3)12-16/h11,16-17H,6-10,12-13H2,1-5H3. The molecular weight excluding hydrogens is 356 g/mol. The van der Waals surface area contributed by atoms with Crippen LogP contribution in [0.4, 0.5) is 0 Å². The number of amides is 2. The molecule has 0 bridgehead atoms. The summed E-state index contributed by atoms with van der Waals surface area (Å²) in [7, 11) is 5.36. The van der Waals surface area contributed by atoms with Crippen LogP contribution in [0, 0.1) is 19.8 Å². The SMILES string of the molecule is COc1c(C)cnc(CN2CCC(N(C)C(=O)C3CC(=O)N(C)C3)CC2)c1C. The molecule has 7 heteroatoms. The first-order chi connectivity index (χ1) is 13.3. The van der Waals surface area contributed by atoms with Crippen molar-refractivity contribution < 1.29 is 14.3 Å². The summed E-state index contributed by atoms with van der Waals surface area (Å²) in [6, 6.07) is 0.242. The second kappa shape index (κ2) is 8.47. The summed E-state index contributed by atoms with van der Waals surface area (Å²) in [6.07, 6.45) is 4.11. The van der Waals surface area contributed by atoms with Crippen LogP contribution in [0.25, 0.3) is 0 Å². The van der Waals surface area contributed by atoms with Gasteiger partial charge in [0.15, 0.2) is 0 Å². The van der Waals surface area contributed by atoms with Crippen molar-refractivity contribution >= 4 is 11.8 Å². The van der Waals surface area contributed by atoms with Gasteiger partial charge in [-0.25, -0.2) is 0 Å². The molecule has 0 saturated carbocycles. The van der Waals surface area contributed by atoms with Gasteiger partial charge in [0.2, 0.25) is 11.8 Å². The molecule has 2 fully saturated rings. The van der Waals surface area contributed by atoms with Crippen LogP contribution < -0.4 is 4.74 Å². The van der Waals surface area contributed by atoms with Crippen molar-refractivity contribution in [3.05, 3.63) is 23.0 Å². The van der Waals surface area contributed by atoms with Crippen LogP contribution >= 0.6 is 0 Å². The summed E-state index contributed by atoms with van der Waals surface area (Å²) >= 11 is 0. The maximum absolute atomic E-state index is 12.8. The highest BCUT2D eigenvalue weighted by Crippen LogP contribution is 2.27. The molecule has 154 valence electrons. The highest BCUT2D eigenvalue weighted by atomic mass is 16.5. The number of methoxy groups -OCH3 is 1. The number of nitrogens with zero attached hydrogens (tertiary/aromatic N) is 4. The Hall–Kier alpha value is -2.15. The zero-order valence-corrected chi connectivity index (χ0v) is 17.7. The third-order valence-electron chi connectivity index (χ3n) is 6.27. The molecule has 0 aliphatic carbocycles. The van der Waals surface area contributed by atoms with Gasteiger partial charge in [-0.3, -0.25) is 19.5 Å². The number of likely N-dealkylation sites (tertiary alicyclic amines) is 2. The van der Waals surface area contributed by atoms with Gasteiger partial charge in [0, 0.05) is 70.1 Å². The number of ether oxygens (including phenoxy) is 1. The Bertz CT molecular complexity index is 743. The Morgan fingerprint density at radius 1 is 1.32 bits per heavy atom. The van der Waals surface area contributed by atoms with Crippen molar-refractivity contribution in [1.29, 1.82) is 0 Å². The summed E-state index contributed by atoms with van der Waals surface area (Å²) in [4.78, 5) is 35.0. The van der Waals surface area contributed by atoms with Crippen LogP contribution in [0.5, 0.6) is 5.75 Å². The number of piperidine rings is 1. The van der Waals surface area contributed by atoms with E-state index in [0.717, 1.165) is 55.0 Å². The number of carbonyl (C=O) groups is 2. The maximum atomic E-state index is 12.8. The van der Waals surface area contributed by atoms with Gasteiger partial charge in [-0.2, -0.15) is 0 Å². The minimum atomic E-state index is -0.188. The average molecular weight is 389 g/mol. The van der Waals surface area contributed by atoms with Gasteiger partial charge in [0.1, 0.15) is 5.75 Å². The first-order valence-electron chi connectivity index (χ1n) is 10.0. The van der Waals surface area contributed by atoms with Crippen LogP contribution in [0.3, 0.4) is 0 Å². The lowest BCUT2D eigenvalue weighted by atomic mass is 10.00. The van der Waals surface area contributed by atoms with Crippen LogP contribution in [0.15, 0.2) is 6.20 Å². The lowest BCUT2D eigenvalue weighted by Crippen LogP contribution is -2.47. The van der Waals surface area contributed by atoms with E-state index in [2.05, 4.69) is 16.8 Å². The Kier molecular flexibility index (Phi) is 6.23. The minimum Gasteiger partial charge on any atom is -0.496 e. The lowest BCUT2D eigenvalue weighted by Gasteiger charge is -2.37. The Morgan fingerprint density at radius 3 is 2.57 bits per heavy atom. The van der Waals surface area contributed by atoms with Crippen molar-refractivity contribution in [3.8, 4) is 5.75 Å². The van der Waals surface area contributed by atoms with Crippen LogP contribution in [0.2, 0.25) is 0 Å². The van der Waals surface area contributed by atoms with Crippen LogP contribution in [-0.2, 0) is 16.1 Å². The van der Waals surface area contributed by atoms with Gasteiger partial charge >= 0.3 is 0 Å². The third kappa shape index (κ3) is 4.14. The summed E-state index contributed by atoms with van der Waals surface area (Å²) in [5.41, 5.74) is 3.21. The Morgan fingerprint density at radius 2 is 2.00 bits per heavy atom. The molecule has 1 atom stereocenters. The van der Waals surface area contributed by atoms with Crippen molar-refractivity contribution in [2.24, 2.45) is 5.92 Å². The molecule has 0 N–H and O–H groups in total. The molecule has 1 aromatic rings. The Balaban J connectivity index is 1.55. The van der Waals surface area contributed by atoms with Crippen molar-refractivity contribution in [3.63, 3.8) is 0 Å². The predicted molar refractivity (Wildman–Crippen MR) is 107 cm³/mol. The number of pyridine rings is 1. The van der Waals surface area contributed by atoms with Gasteiger partial charge in [-0.1, -0.05) is 0 Å². The van der Waals surface area contributed by atoms with Crippen molar-refractivity contribution in [2.75, 3.05) is 40.8 Å². The zero-order chi connectivity index (χ0) is 20.4. The number of aryl methyl sites for hydroxylation is 1. The van der Waals surface area contributed by atoms with Crippen LogP contribution in [0.1, 0.15) is 36.1 Å². The monoisotopic (exact) mass is 388 g/mol. The van der Waals surface area contributed by atoms with E-state index in [1.807, 2.05) is 25.1 Å². The molecule has 2 saturated heterocycles. The molecule has 3 rings (SSSR count). The van der Waals surface area contributed by atoms with E-state index in [1.165, 1.54) is 0 Å². The number of rotatable bonds is 5. The molecule has 1 aromatic heterocycles. The first-order valence-corrected chi connectivity index (χ1v) is 10.0. The molecular formula is C21H32N4O3. The smallest absolute Gasteiger partial charge is 0.227 e. The molecule has 2 aliphatic rings. The van der Waals surface area contributed by atoms with Gasteiger partial charge in [0.25, 0.3) is 0 Å². The number of hydrogen-bond acceptors (Lipinski definition) is 5. The molecule has 3 heterocycles. The first kappa shape index (κ1) is 20.6. The molecule has 1 unspecified atom stereocenters. The van der Waals surface area contributed by atoms with Gasteiger partial charge in [0.05, 0.1) is 18.7 Å². The molecule has 0 radical (unpaired) electrons. The van der Waals surface area contributed by atoms with E-state index in [1.54, 1.807) is 19.1 Å². The minimum absolute atomic E-state index is 0.0676. The molecule has 0 aromatic carbocycles. The van der Waals surface area contributed by atoms with E-state index in [4.69, 9.17) is 4.74 Å². The molecule has 7 nitrogen and oxygen atoms in total. The lowest BCUT2D eigenvalue weighted by molar-refractivity contribution is -0.137. The zero-order valence-electron chi connectivity index (χ0n) is 17.7. The number of carbonyl (C=O) groups excluding carboxylic acids is 2. The van der Waals surface area contributed by atoms with E-state index in [-0.39, 0.29) is 23.8 Å². The number of hydrogen-bond donors (Lipinski definition) is 0. The summed E-state index contributed by atoms with van der Waals surface area (Å²) in [6.45, 7) is 7.28. The fourth-order valence-corrected chi connectivity index (χ4v) is 4.40. The van der Waals surface area contributed by atoms with Gasteiger partial charge in [-0.05, 0) is 26.7 Å². The second-order valence-electron chi connectivity index (χ2n) is 8.18. The quantitative estimate of drug-likeness (QED) is 0.767. The van der Waals surface area contributed by atoms with Crippen molar-refractivity contribution in [1.82, 2.24) is 19.7 Å². The second-order valence-corrected chi connectivity index (χ2v) is 8.18. The highest BCUT2D eigenvalue weighted by Gasteiger charge is 2.36. The van der Waals surface area contributed by atoms with E-state index in [0.29, 0.717) is 13.0 Å². The highest BCUT2D eigenvalue weighted by molar-refractivity contribution is 5.89. The molecule has 2 amide bonds. The van der Waals surface area contributed by atoms with E-state index in [9.17, 15) is 9.59 Å². The fourth-order valence-electron chi connectivity index (χ4n) is 4.40. The van der Waals surface area contributed by atoms with Gasteiger partial charge in [-0.15, -0.1) is 0 Å². The third-order valence-corrected chi connectivity index (χ3v) is 6.27. The normalized spacial score (nSPS) is 21.2. The fraction of sp³-hybridized carbons (Fsp3) is 0.667. The van der Waals surface area contributed by atoms with Crippen molar-refractivity contribution in [2.45, 2.75) is 45.7 Å². The predicted octanol–water partition coefficient (Wildman–Crippen LogP) is 1.61. The number of aromatic nitrogens is 1.